The third kappa shape index (κ3) is 5.02. The number of pyridine rings is 1. The van der Waals surface area contributed by atoms with Crippen LogP contribution in [0.25, 0.3) is 0 Å². The Labute approximate surface area is 163 Å². The second-order valence-electron chi connectivity index (χ2n) is 7.40. The summed E-state index contributed by atoms with van der Waals surface area (Å²) >= 11 is 5.74. The maximum atomic E-state index is 11.9. The largest absolute Gasteiger partial charge is 0.379 e. The molecule has 1 aromatic heterocycles. The molecule has 1 aromatic rings. The van der Waals surface area contributed by atoms with Crippen LogP contribution in [0.15, 0.2) is 24.5 Å². The smallest absolute Gasteiger partial charge is 0.213 e. The van der Waals surface area contributed by atoms with E-state index in [0.717, 1.165) is 43.6 Å². The molecule has 0 amide bonds. The minimum atomic E-state index is -3.17. The van der Waals surface area contributed by atoms with Crippen molar-refractivity contribution in [3.05, 3.63) is 30.1 Å². The Kier molecular flexibility index (Phi) is 7.55. The molecule has 26 heavy (non-hydrogen) atoms. The molecule has 0 saturated heterocycles. The first-order chi connectivity index (χ1) is 12.3. The van der Waals surface area contributed by atoms with Crippen molar-refractivity contribution in [2.75, 3.05) is 13.1 Å². The lowest BCUT2D eigenvalue weighted by atomic mass is 9.66. The maximum absolute atomic E-state index is 11.9. The van der Waals surface area contributed by atoms with E-state index in [4.69, 9.17) is 12.2 Å². The van der Waals surface area contributed by atoms with E-state index in [0.29, 0.717) is 12.5 Å². The maximum Gasteiger partial charge on any atom is 0.213 e. The van der Waals surface area contributed by atoms with Crippen LogP contribution in [0.4, 0.5) is 0 Å². The average molecular weight is 398 g/mol. The van der Waals surface area contributed by atoms with E-state index in [1.807, 2.05) is 12.3 Å². The Morgan fingerprint density at radius 1 is 1.38 bits per heavy atom. The van der Waals surface area contributed by atoms with Gasteiger partial charge in [-0.25, -0.2) is 13.1 Å². The molecule has 2 rings (SSSR count). The van der Waals surface area contributed by atoms with Crippen LogP contribution in [0.5, 0.6) is 0 Å². The summed E-state index contributed by atoms with van der Waals surface area (Å²) in [4.78, 5) is 5.20. The number of rotatable bonds is 8. The van der Waals surface area contributed by atoms with E-state index in [-0.39, 0.29) is 10.7 Å². The molecule has 0 unspecified atom stereocenters. The zero-order valence-electron chi connectivity index (χ0n) is 16.0. The number of nitrogens with one attached hydrogen (secondary N) is 2. The highest BCUT2D eigenvalue weighted by Gasteiger charge is 2.40. The topological polar surface area (TPSA) is 71.1 Å². The predicted octanol–water partition coefficient (Wildman–Crippen LogP) is 3.16. The van der Waals surface area contributed by atoms with Gasteiger partial charge in [-0.1, -0.05) is 18.3 Å². The van der Waals surface area contributed by atoms with Gasteiger partial charge in [-0.05, 0) is 70.4 Å². The van der Waals surface area contributed by atoms with Gasteiger partial charge in [-0.2, -0.15) is 0 Å². The molecule has 1 saturated carbocycles. The van der Waals surface area contributed by atoms with Crippen LogP contribution in [0, 0.1) is 5.92 Å². The monoisotopic (exact) mass is 397 g/mol. The zero-order chi connectivity index (χ0) is 19.2. The molecule has 0 aromatic carbocycles. The van der Waals surface area contributed by atoms with Crippen LogP contribution in [-0.4, -0.2) is 36.7 Å². The van der Waals surface area contributed by atoms with Gasteiger partial charge in [0.05, 0.1) is 10.2 Å². The van der Waals surface area contributed by atoms with Gasteiger partial charge in [0.2, 0.25) is 10.0 Å². The first-order valence-electron chi connectivity index (χ1n) is 9.49. The van der Waals surface area contributed by atoms with Gasteiger partial charge in [0.15, 0.2) is 0 Å². The fourth-order valence-electron chi connectivity index (χ4n) is 3.65. The summed E-state index contributed by atoms with van der Waals surface area (Å²) in [7, 11) is -3.17. The molecule has 1 fully saturated rings. The first-order valence-corrected chi connectivity index (χ1v) is 11.4. The standard InChI is InChI=1S/C19H31N3O2S2/c1-4-21-18(25)19(17-6-5-12-20-14-17)10-7-16(8-11-19)9-13-22-26(23,24)15(2)3/h5-6,12,14-16,22H,4,7-11,13H2,1-3H3,(H,21,25)/t16-,19-. The van der Waals surface area contributed by atoms with Gasteiger partial charge < -0.3 is 5.32 Å². The van der Waals surface area contributed by atoms with Gasteiger partial charge >= 0.3 is 0 Å². The van der Waals surface area contributed by atoms with E-state index < -0.39 is 10.0 Å². The van der Waals surface area contributed by atoms with Crippen molar-refractivity contribution < 1.29 is 8.42 Å². The lowest BCUT2D eigenvalue weighted by Crippen LogP contribution is -2.46. The molecule has 1 aliphatic rings. The summed E-state index contributed by atoms with van der Waals surface area (Å²) in [6.45, 7) is 6.80. The van der Waals surface area contributed by atoms with Crippen LogP contribution in [0.3, 0.4) is 0 Å². The Morgan fingerprint density at radius 2 is 2.08 bits per heavy atom. The van der Waals surface area contributed by atoms with Gasteiger partial charge in [-0.15, -0.1) is 0 Å². The van der Waals surface area contributed by atoms with Gasteiger partial charge in [-0.3, -0.25) is 4.98 Å². The minimum absolute atomic E-state index is 0.145. The summed E-state index contributed by atoms with van der Waals surface area (Å²) < 4.78 is 26.5. The summed E-state index contributed by atoms with van der Waals surface area (Å²) in [6.07, 6.45) is 8.65. The van der Waals surface area contributed by atoms with Crippen molar-refractivity contribution in [1.82, 2.24) is 15.0 Å². The van der Waals surface area contributed by atoms with E-state index in [1.165, 1.54) is 5.56 Å². The van der Waals surface area contributed by atoms with E-state index in [1.54, 1.807) is 20.0 Å². The van der Waals surface area contributed by atoms with Crippen molar-refractivity contribution in [2.24, 2.45) is 5.92 Å². The number of sulfonamides is 1. The molecule has 2 N–H and O–H groups in total. The van der Waals surface area contributed by atoms with E-state index >= 15 is 0 Å². The van der Waals surface area contributed by atoms with Crippen LogP contribution < -0.4 is 10.0 Å². The molecule has 5 nitrogen and oxygen atoms in total. The van der Waals surface area contributed by atoms with Gasteiger partial charge in [0, 0.05) is 30.9 Å². The highest BCUT2D eigenvalue weighted by molar-refractivity contribution is 7.90. The fourth-order valence-corrected chi connectivity index (χ4v) is 4.86. The Hall–Kier alpha value is -1.05. The number of likely N-dealkylation sites (N-methyl/N-ethyl adjacent to an activating group) is 1. The molecule has 7 heteroatoms. The lowest BCUT2D eigenvalue weighted by molar-refractivity contribution is 0.274. The molecule has 0 spiro atoms. The lowest BCUT2D eigenvalue weighted by Gasteiger charge is -2.41. The highest BCUT2D eigenvalue weighted by Crippen LogP contribution is 2.43. The molecule has 0 radical (unpaired) electrons. The molecule has 0 aliphatic heterocycles. The normalized spacial score (nSPS) is 23.8. The number of hydrogen-bond acceptors (Lipinski definition) is 4. The fraction of sp³-hybridized carbons (Fsp3) is 0.684. The molecule has 146 valence electrons. The number of aromatic nitrogens is 1. The quantitative estimate of drug-likeness (QED) is 0.659. The Morgan fingerprint density at radius 3 is 2.62 bits per heavy atom. The highest BCUT2D eigenvalue weighted by atomic mass is 32.2. The summed E-state index contributed by atoms with van der Waals surface area (Å²) in [5.74, 6) is 0.527. The third-order valence-corrected chi connectivity index (χ3v) is 7.80. The summed E-state index contributed by atoms with van der Waals surface area (Å²) in [6, 6.07) is 4.09. The third-order valence-electron chi connectivity index (χ3n) is 5.42. The first kappa shape index (κ1) is 21.3. The average Bonchev–Trinajstić information content (AvgIpc) is 2.63. The van der Waals surface area contributed by atoms with Crippen molar-refractivity contribution in [3.63, 3.8) is 0 Å². The van der Waals surface area contributed by atoms with Crippen LogP contribution in [0.1, 0.15) is 58.4 Å². The van der Waals surface area contributed by atoms with Crippen LogP contribution >= 0.6 is 12.2 Å². The predicted molar refractivity (Wildman–Crippen MR) is 111 cm³/mol. The second-order valence-corrected chi connectivity index (χ2v) is 10.1. The molecule has 1 heterocycles. The molecular formula is C19H31N3O2S2. The van der Waals surface area contributed by atoms with Crippen molar-refractivity contribution in [3.8, 4) is 0 Å². The van der Waals surface area contributed by atoms with Crippen molar-refractivity contribution in [2.45, 2.75) is 63.5 Å². The van der Waals surface area contributed by atoms with Crippen molar-refractivity contribution >= 4 is 27.2 Å². The summed E-state index contributed by atoms with van der Waals surface area (Å²) in [5, 5.41) is 2.97. The van der Waals surface area contributed by atoms with E-state index in [9.17, 15) is 8.42 Å². The van der Waals surface area contributed by atoms with Crippen molar-refractivity contribution in [1.29, 1.82) is 0 Å². The minimum Gasteiger partial charge on any atom is -0.379 e. The number of nitrogens with zero attached hydrogens (tertiary/aromatic N) is 1. The SMILES string of the molecule is CCNC(=S)[C@]1(c2cccnc2)CC[C@@H](CCNS(=O)(=O)C(C)C)CC1. The second kappa shape index (κ2) is 9.24. The number of thiocarbonyl (C=S) groups is 1. The zero-order valence-corrected chi connectivity index (χ0v) is 17.6. The van der Waals surface area contributed by atoms with Gasteiger partial charge in [0.25, 0.3) is 0 Å². The molecule has 1 aliphatic carbocycles. The Balaban J connectivity index is 1.99. The Bertz CT molecular complexity index is 682. The molecule has 0 bridgehead atoms. The molecule has 0 atom stereocenters. The molecular weight excluding hydrogens is 366 g/mol. The van der Waals surface area contributed by atoms with Gasteiger partial charge in [0.1, 0.15) is 0 Å². The van der Waals surface area contributed by atoms with Crippen LogP contribution in [0.2, 0.25) is 0 Å². The summed E-state index contributed by atoms with van der Waals surface area (Å²) in [5.41, 5.74) is 1.04. The number of hydrogen-bond donors (Lipinski definition) is 2. The van der Waals surface area contributed by atoms with Crippen LogP contribution in [-0.2, 0) is 15.4 Å². The van der Waals surface area contributed by atoms with E-state index in [2.05, 4.69) is 28.0 Å².